The Labute approximate surface area is 110 Å². The van der Waals surface area contributed by atoms with Crippen molar-refractivity contribution in [3.8, 4) is 0 Å². The summed E-state index contributed by atoms with van der Waals surface area (Å²) in [5.74, 6) is 1.29. The van der Waals surface area contributed by atoms with Crippen LogP contribution in [0.3, 0.4) is 0 Å². The summed E-state index contributed by atoms with van der Waals surface area (Å²) in [5.41, 5.74) is -0.0719. The average Bonchev–Trinajstić information content (AvgIpc) is 3.01. The van der Waals surface area contributed by atoms with Crippen molar-refractivity contribution in [1.82, 2.24) is 10.2 Å². The van der Waals surface area contributed by atoms with Gasteiger partial charge in [-0.05, 0) is 51.0 Å². The van der Waals surface area contributed by atoms with Crippen LogP contribution in [0, 0.1) is 11.3 Å². The van der Waals surface area contributed by atoms with Gasteiger partial charge in [0, 0.05) is 19.1 Å². The lowest BCUT2D eigenvalue weighted by atomic mass is 9.75. The van der Waals surface area contributed by atoms with Crippen LogP contribution in [0.2, 0.25) is 0 Å². The molecule has 0 radical (unpaired) electrons. The van der Waals surface area contributed by atoms with E-state index < -0.39 is 0 Å². The van der Waals surface area contributed by atoms with Crippen LogP contribution in [0.1, 0.15) is 51.9 Å². The molecular formula is C15H26N2O. The molecule has 3 unspecified atom stereocenters. The number of piperidine rings is 2. The van der Waals surface area contributed by atoms with E-state index in [1.807, 2.05) is 0 Å². The molecule has 3 rings (SSSR count). The molecular weight excluding hydrogens is 224 g/mol. The molecule has 102 valence electrons. The van der Waals surface area contributed by atoms with Crippen LogP contribution in [0.5, 0.6) is 0 Å². The molecule has 3 nitrogen and oxygen atoms in total. The quantitative estimate of drug-likeness (QED) is 0.832. The molecule has 2 aliphatic heterocycles. The summed E-state index contributed by atoms with van der Waals surface area (Å²) in [4.78, 5) is 15.2. The van der Waals surface area contributed by atoms with Gasteiger partial charge in [0.2, 0.25) is 5.91 Å². The monoisotopic (exact) mass is 250 g/mol. The van der Waals surface area contributed by atoms with E-state index in [2.05, 4.69) is 17.1 Å². The highest BCUT2D eigenvalue weighted by atomic mass is 16.2. The van der Waals surface area contributed by atoms with Crippen molar-refractivity contribution in [1.29, 1.82) is 0 Å². The van der Waals surface area contributed by atoms with Crippen LogP contribution < -0.4 is 5.32 Å². The summed E-state index contributed by atoms with van der Waals surface area (Å²) < 4.78 is 0. The molecule has 0 aromatic rings. The van der Waals surface area contributed by atoms with E-state index >= 15 is 0 Å². The largest absolute Gasteiger partial charge is 0.339 e. The normalized spacial score (nSPS) is 39.3. The molecule has 1 aliphatic carbocycles. The maximum atomic E-state index is 13.0. The van der Waals surface area contributed by atoms with Crippen molar-refractivity contribution in [2.75, 3.05) is 19.6 Å². The van der Waals surface area contributed by atoms with Gasteiger partial charge >= 0.3 is 0 Å². The highest BCUT2D eigenvalue weighted by Gasteiger charge is 2.47. The standard InChI is InChI=1S/C15H26N2O/c1-2-6-15(7-3-8-16-11-15)14(18)17-10-12-4-5-13(17)9-12/h12-13,16H,2-11H2,1H3. The third-order valence-corrected chi connectivity index (χ3v) is 5.32. The zero-order valence-electron chi connectivity index (χ0n) is 11.6. The SMILES string of the molecule is CCCC1(C(=O)N2CC3CCC2C3)CCCNC1. The van der Waals surface area contributed by atoms with E-state index in [4.69, 9.17) is 0 Å². The third kappa shape index (κ3) is 1.97. The number of amides is 1. The van der Waals surface area contributed by atoms with Crippen molar-refractivity contribution in [3.05, 3.63) is 0 Å². The highest BCUT2D eigenvalue weighted by molar-refractivity contribution is 5.84. The summed E-state index contributed by atoms with van der Waals surface area (Å²) in [5, 5.41) is 3.46. The molecule has 1 amide bonds. The van der Waals surface area contributed by atoms with Gasteiger partial charge in [0.25, 0.3) is 0 Å². The number of hydrogen-bond acceptors (Lipinski definition) is 2. The van der Waals surface area contributed by atoms with Crippen molar-refractivity contribution in [2.24, 2.45) is 11.3 Å². The minimum Gasteiger partial charge on any atom is -0.339 e. The third-order valence-electron chi connectivity index (χ3n) is 5.32. The van der Waals surface area contributed by atoms with Crippen LogP contribution in [-0.2, 0) is 4.79 Å². The number of rotatable bonds is 3. The van der Waals surface area contributed by atoms with Gasteiger partial charge < -0.3 is 10.2 Å². The minimum atomic E-state index is -0.0719. The summed E-state index contributed by atoms with van der Waals surface area (Å²) in [6.45, 7) is 5.26. The number of nitrogens with one attached hydrogen (secondary N) is 1. The van der Waals surface area contributed by atoms with Crippen LogP contribution in [0.25, 0.3) is 0 Å². The van der Waals surface area contributed by atoms with Crippen LogP contribution in [0.4, 0.5) is 0 Å². The maximum absolute atomic E-state index is 13.0. The number of hydrogen-bond donors (Lipinski definition) is 1. The number of carbonyl (C=O) groups excluding carboxylic acids is 1. The maximum Gasteiger partial charge on any atom is 0.230 e. The summed E-state index contributed by atoms with van der Waals surface area (Å²) in [7, 11) is 0. The molecule has 3 atom stereocenters. The molecule has 0 aromatic heterocycles. The minimum absolute atomic E-state index is 0.0719. The zero-order chi connectivity index (χ0) is 12.6. The Balaban J connectivity index is 1.75. The molecule has 1 N–H and O–H groups in total. The van der Waals surface area contributed by atoms with Gasteiger partial charge in [0.1, 0.15) is 0 Å². The first-order valence-electron chi connectivity index (χ1n) is 7.77. The fraction of sp³-hybridized carbons (Fsp3) is 0.933. The fourth-order valence-electron chi connectivity index (χ4n) is 4.43. The van der Waals surface area contributed by atoms with E-state index in [0.717, 1.165) is 51.2 Å². The summed E-state index contributed by atoms with van der Waals surface area (Å²) in [6.07, 6.45) is 8.33. The molecule has 0 aromatic carbocycles. The van der Waals surface area contributed by atoms with Crippen molar-refractivity contribution in [3.63, 3.8) is 0 Å². The van der Waals surface area contributed by atoms with Gasteiger partial charge in [0.15, 0.2) is 0 Å². The number of fused-ring (bicyclic) bond motifs is 2. The van der Waals surface area contributed by atoms with Crippen LogP contribution in [-0.4, -0.2) is 36.5 Å². The van der Waals surface area contributed by atoms with Crippen molar-refractivity contribution >= 4 is 5.91 Å². The molecule has 2 bridgehead atoms. The first-order chi connectivity index (χ1) is 8.75. The molecule has 18 heavy (non-hydrogen) atoms. The Morgan fingerprint density at radius 1 is 1.44 bits per heavy atom. The Hall–Kier alpha value is -0.570. The van der Waals surface area contributed by atoms with Gasteiger partial charge in [-0.25, -0.2) is 0 Å². The molecule has 3 heteroatoms. The van der Waals surface area contributed by atoms with Crippen molar-refractivity contribution in [2.45, 2.75) is 57.9 Å². The topological polar surface area (TPSA) is 32.3 Å². The lowest BCUT2D eigenvalue weighted by Crippen LogP contribution is -2.53. The fourth-order valence-corrected chi connectivity index (χ4v) is 4.43. The zero-order valence-corrected chi connectivity index (χ0v) is 11.6. The predicted molar refractivity (Wildman–Crippen MR) is 72.3 cm³/mol. The predicted octanol–water partition coefficient (Wildman–Crippen LogP) is 2.17. The van der Waals surface area contributed by atoms with Gasteiger partial charge in [-0.2, -0.15) is 0 Å². The Bertz CT molecular complexity index is 317. The number of likely N-dealkylation sites (tertiary alicyclic amines) is 1. The molecule has 2 saturated heterocycles. The average molecular weight is 250 g/mol. The van der Waals surface area contributed by atoms with Gasteiger partial charge in [-0.1, -0.05) is 13.3 Å². The van der Waals surface area contributed by atoms with E-state index in [1.54, 1.807) is 0 Å². The molecule has 3 aliphatic rings. The first-order valence-corrected chi connectivity index (χ1v) is 7.77. The molecule has 2 heterocycles. The molecule has 0 spiro atoms. The molecule has 1 saturated carbocycles. The number of nitrogens with zero attached hydrogens (tertiary/aromatic N) is 1. The van der Waals surface area contributed by atoms with E-state index in [0.29, 0.717) is 11.9 Å². The van der Waals surface area contributed by atoms with Crippen LogP contribution in [0.15, 0.2) is 0 Å². The summed E-state index contributed by atoms with van der Waals surface area (Å²) >= 11 is 0. The molecule has 3 fully saturated rings. The Morgan fingerprint density at radius 3 is 2.89 bits per heavy atom. The second kappa shape index (κ2) is 4.84. The second-order valence-corrected chi connectivity index (χ2v) is 6.60. The van der Waals surface area contributed by atoms with E-state index in [-0.39, 0.29) is 5.41 Å². The smallest absolute Gasteiger partial charge is 0.230 e. The Morgan fingerprint density at radius 2 is 2.33 bits per heavy atom. The Kier molecular flexibility index (Phi) is 3.35. The lowest BCUT2D eigenvalue weighted by Gasteiger charge is -2.41. The highest BCUT2D eigenvalue weighted by Crippen LogP contribution is 2.42. The first kappa shape index (κ1) is 12.5. The van der Waals surface area contributed by atoms with Crippen LogP contribution >= 0.6 is 0 Å². The summed E-state index contributed by atoms with van der Waals surface area (Å²) in [6, 6.07) is 0.582. The van der Waals surface area contributed by atoms with E-state index in [1.165, 1.54) is 19.3 Å². The van der Waals surface area contributed by atoms with Gasteiger partial charge in [0.05, 0.1) is 5.41 Å². The lowest BCUT2D eigenvalue weighted by molar-refractivity contribution is -0.145. The van der Waals surface area contributed by atoms with Gasteiger partial charge in [-0.15, -0.1) is 0 Å². The van der Waals surface area contributed by atoms with Crippen molar-refractivity contribution < 1.29 is 4.79 Å². The number of carbonyl (C=O) groups is 1. The van der Waals surface area contributed by atoms with Gasteiger partial charge in [-0.3, -0.25) is 4.79 Å². The van der Waals surface area contributed by atoms with E-state index in [9.17, 15) is 4.79 Å². The second-order valence-electron chi connectivity index (χ2n) is 6.60.